The number of thiazole rings is 1. The summed E-state index contributed by atoms with van der Waals surface area (Å²) in [5, 5.41) is 17.3. The van der Waals surface area contributed by atoms with Crippen molar-refractivity contribution in [2.75, 3.05) is 5.32 Å². The molecule has 1 aliphatic rings. The molecule has 1 aliphatic carbocycles. The summed E-state index contributed by atoms with van der Waals surface area (Å²) in [4.78, 5) is 16.6. The fraction of sp³-hybridized carbons (Fsp3) is 0.417. The van der Waals surface area contributed by atoms with E-state index in [0.29, 0.717) is 6.42 Å². The van der Waals surface area contributed by atoms with Gasteiger partial charge in [-0.25, -0.2) is 4.98 Å². The van der Waals surface area contributed by atoms with E-state index in [4.69, 9.17) is 5.11 Å². The Morgan fingerprint density at radius 3 is 3.05 bits per heavy atom. The number of nitrogens with zero attached hydrogens (tertiary/aromatic N) is 3. The van der Waals surface area contributed by atoms with Gasteiger partial charge in [-0.3, -0.25) is 9.48 Å². The van der Waals surface area contributed by atoms with E-state index in [1.165, 1.54) is 11.3 Å². The van der Waals surface area contributed by atoms with Crippen molar-refractivity contribution in [3.05, 3.63) is 22.3 Å². The van der Waals surface area contributed by atoms with Gasteiger partial charge in [-0.05, 0) is 19.8 Å². The van der Waals surface area contributed by atoms with Gasteiger partial charge in [0.15, 0.2) is 5.13 Å². The highest BCUT2D eigenvalue weighted by atomic mass is 32.1. The Morgan fingerprint density at radius 2 is 2.42 bits per heavy atom. The molecule has 2 N–H and O–H groups in total. The van der Waals surface area contributed by atoms with Gasteiger partial charge >= 0.3 is 5.97 Å². The number of rotatable bonds is 3. The molecule has 19 heavy (non-hydrogen) atoms. The second kappa shape index (κ2) is 4.34. The van der Waals surface area contributed by atoms with E-state index in [0.717, 1.165) is 33.6 Å². The summed E-state index contributed by atoms with van der Waals surface area (Å²) in [5.41, 5.74) is 1.65. The average Bonchev–Trinajstić information content (AvgIpc) is 2.93. The summed E-state index contributed by atoms with van der Waals surface area (Å²) in [5.74, 6) is -0.376. The molecule has 0 saturated heterocycles. The summed E-state index contributed by atoms with van der Waals surface area (Å²) in [6.45, 7) is 1.92. The van der Waals surface area contributed by atoms with Gasteiger partial charge in [0.25, 0.3) is 0 Å². The number of hydrogen-bond donors (Lipinski definition) is 2. The lowest BCUT2D eigenvalue weighted by atomic mass is 10.1. The topological polar surface area (TPSA) is 80.0 Å². The van der Waals surface area contributed by atoms with Crippen LogP contribution in [0.1, 0.15) is 28.6 Å². The number of fused-ring (bicyclic) bond motifs is 1. The monoisotopic (exact) mass is 278 g/mol. The fourth-order valence-corrected chi connectivity index (χ4v) is 3.40. The molecule has 0 spiro atoms. The Morgan fingerprint density at radius 1 is 1.63 bits per heavy atom. The largest absolute Gasteiger partial charge is 0.481 e. The van der Waals surface area contributed by atoms with Crippen LogP contribution in [0.4, 0.5) is 10.9 Å². The van der Waals surface area contributed by atoms with Crippen LogP contribution in [-0.2, 0) is 18.3 Å². The first kappa shape index (κ1) is 12.2. The van der Waals surface area contributed by atoms with Crippen LogP contribution in [0.15, 0.2) is 6.07 Å². The molecular weight excluding hydrogens is 264 g/mol. The van der Waals surface area contributed by atoms with Gasteiger partial charge in [0.05, 0.1) is 11.4 Å². The summed E-state index contributed by atoms with van der Waals surface area (Å²) in [7, 11) is 1.86. The molecule has 3 rings (SSSR count). The Kier molecular flexibility index (Phi) is 2.78. The maximum Gasteiger partial charge on any atom is 0.312 e. The van der Waals surface area contributed by atoms with E-state index in [-0.39, 0.29) is 0 Å². The van der Waals surface area contributed by atoms with Crippen molar-refractivity contribution in [2.24, 2.45) is 7.05 Å². The van der Waals surface area contributed by atoms with Crippen molar-refractivity contribution in [3.8, 4) is 0 Å². The van der Waals surface area contributed by atoms with Crippen LogP contribution in [0.25, 0.3) is 0 Å². The molecule has 6 nitrogen and oxygen atoms in total. The van der Waals surface area contributed by atoms with Crippen molar-refractivity contribution in [1.82, 2.24) is 14.8 Å². The summed E-state index contributed by atoms with van der Waals surface area (Å²) in [6.07, 6.45) is 1.46. The first-order chi connectivity index (χ1) is 9.04. The molecule has 2 aromatic rings. The second-order valence-electron chi connectivity index (χ2n) is 4.68. The van der Waals surface area contributed by atoms with Gasteiger partial charge in [0, 0.05) is 18.0 Å². The average molecular weight is 278 g/mol. The molecule has 2 heterocycles. The molecule has 100 valence electrons. The molecule has 0 amide bonds. The van der Waals surface area contributed by atoms with Crippen molar-refractivity contribution in [3.63, 3.8) is 0 Å². The van der Waals surface area contributed by atoms with E-state index in [2.05, 4.69) is 15.4 Å². The van der Waals surface area contributed by atoms with E-state index in [9.17, 15) is 4.79 Å². The number of aryl methyl sites for hydroxylation is 3. The Labute approximate surface area is 114 Å². The quantitative estimate of drug-likeness (QED) is 0.898. The van der Waals surface area contributed by atoms with Crippen LogP contribution >= 0.6 is 11.3 Å². The zero-order valence-corrected chi connectivity index (χ0v) is 11.5. The normalized spacial score (nSPS) is 17.5. The van der Waals surface area contributed by atoms with Crippen LogP contribution in [0, 0.1) is 6.92 Å². The minimum atomic E-state index is -0.785. The summed E-state index contributed by atoms with van der Waals surface area (Å²) in [6, 6.07) is 1.93. The zero-order chi connectivity index (χ0) is 13.6. The molecule has 7 heteroatoms. The lowest BCUT2D eigenvalue weighted by Crippen LogP contribution is -2.08. The number of anilines is 2. The molecule has 0 saturated carbocycles. The first-order valence-corrected chi connectivity index (χ1v) is 6.86. The summed E-state index contributed by atoms with van der Waals surface area (Å²) >= 11 is 1.53. The molecule has 0 fully saturated rings. The Hall–Kier alpha value is -1.89. The van der Waals surface area contributed by atoms with E-state index < -0.39 is 11.9 Å². The standard InChI is InChI=1S/C12H14N4O2S/c1-6-5-9(16(2)15-6)13-12-14-10-7(11(17)18)3-4-8(10)19-12/h5,7H,3-4H2,1-2H3,(H,13,14)(H,17,18). The number of carboxylic acid groups (broad SMARTS) is 1. The van der Waals surface area contributed by atoms with Gasteiger partial charge in [-0.15, -0.1) is 11.3 Å². The van der Waals surface area contributed by atoms with Crippen molar-refractivity contribution in [2.45, 2.75) is 25.7 Å². The van der Waals surface area contributed by atoms with Crippen LogP contribution < -0.4 is 5.32 Å². The Balaban J connectivity index is 1.86. The predicted molar refractivity (Wildman–Crippen MR) is 72.0 cm³/mol. The number of carboxylic acids is 1. The third kappa shape index (κ3) is 2.10. The maximum atomic E-state index is 11.1. The number of hydrogen-bond acceptors (Lipinski definition) is 5. The van der Waals surface area contributed by atoms with Crippen molar-refractivity contribution >= 4 is 28.3 Å². The number of nitrogens with one attached hydrogen (secondary N) is 1. The van der Waals surface area contributed by atoms with Crippen molar-refractivity contribution < 1.29 is 9.90 Å². The highest BCUT2D eigenvalue weighted by Crippen LogP contribution is 2.39. The highest BCUT2D eigenvalue weighted by Gasteiger charge is 2.32. The van der Waals surface area contributed by atoms with Crippen LogP contribution in [0.2, 0.25) is 0 Å². The van der Waals surface area contributed by atoms with Gasteiger partial charge in [-0.1, -0.05) is 0 Å². The highest BCUT2D eigenvalue weighted by molar-refractivity contribution is 7.15. The molecule has 0 aliphatic heterocycles. The molecule has 1 unspecified atom stereocenters. The number of carbonyl (C=O) groups is 1. The van der Waals surface area contributed by atoms with Gasteiger partial charge in [0.1, 0.15) is 11.7 Å². The lowest BCUT2D eigenvalue weighted by Gasteiger charge is -2.03. The molecule has 0 bridgehead atoms. The van der Waals surface area contributed by atoms with E-state index in [1.54, 1.807) is 4.68 Å². The minimum Gasteiger partial charge on any atom is -0.481 e. The van der Waals surface area contributed by atoms with Gasteiger partial charge in [-0.2, -0.15) is 5.10 Å². The van der Waals surface area contributed by atoms with Gasteiger partial charge in [0.2, 0.25) is 0 Å². The third-order valence-electron chi connectivity index (χ3n) is 3.25. The predicted octanol–water partition coefficient (Wildman–Crippen LogP) is 2.04. The van der Waals surface area contributed by atoms with Crippen LogP contribution in [0.5, 0.6) is 0 Å². The molecular formula is C12H14N4O2S. The molecule has 2 aromatic heterocycles. The third-order valence-corrected chi connectivity index (χ3v) is 4.30. The zero-order valence-electron chi connectivity index (χ0n) is 10.7. The van der Waals surface area contributed by atoms with E-state index >= 15 is 0 Å². The maximum absolute atomic E-state index is 11.1. The van der Waals surface area contributed by atoms with Crippen LogP contribution in [-0.4, -0.2) is 25.8 Å². The fourth-order valence-electron chi connectivity index (χ4n) is 2.36. The first-order valence-electron chi connectivity index (χ1n) is 6.04. The minimum absolute atomic E-state index is 0.449. The number of aliphatic carboxylic acids is 1. The van der Waals surface area contributed by atoms with Crippen LogP contribution in [0.3, 0.4) is 0 Å². The molecule has 0 aromatic carbocycles. The second-order valence-corrected chi connectivity index (χ2v) is 5.76. The smallest absolute Gasteiger partial charge is 0.312 e. The van der Waals surface area contributed by atoms with E-state index in [1.807, 2.05) is 20.0 Å². The summed E-state index contributed by atoms with van der Waals surface area (Å²) < 4.78 is 1.75. The van der Waals surface area contributed by atoms with Gasteiger partial charge < -0.3 is 10.4 Å². The lowest BCUT2D eigenvalue weighted by molar-refractivity contribution is -0.138. The Bertz CT molecular complexity index is 646. The van der Waals surface area contributed by atoms with Crippen molar-refractivity contribution in [1.29, 1.82) is 0 Å². The molecule has 1 atom stereocenters. The SMILES string of the molecule is Cc1cc(Nc2nc3c(s2)CCC3C(=O)O)n(C)n1. The molecule has 0 radical (unpaired) electrons. The number of aromatic nitrogens is 3.